The minimum atomic E-state index is -0.743. The summed E-state index contributed by atoms with van der Waals surface area (Å²) in [4.78, 5) is 11.3. The van der Waals surface area contributed by atoms with E-state index < -0.39 is 5.82 Å². The molecule has 0 fully saturated rings. The molecule has 26 heavy (non-hydrogen) atoms. The Morgan fingerprint density at radius 2 is 2.12 bits per heavy atom. The lowest BCUT2D eigenvalue weighted by atomic mass is 10.2. The number of aryl methyl sites for hydroxylation is 1. The lowest BCUT2D eigenvalue weighted by Gasteiger charge is -2.10. The van der Waals surface area contributed by atoms with Gasteiger partial charge in [-0.15, -0.1) is 0 Å². The van der Waals surface area contributed by atoms with Crippen LogP contribution in [0.2, 0.25) is 5.28 Å². The highest BCUT2D eigenvalue weighted by Gasteiger charge is 2.12. The molecule has 1 aromatic carbocycles. The van der Waals surface area contributed by atoms with Crippen LogP contribution in [0.3, 0.4) is 0 Å². The first-order chi connectivity index (χ1) is 12.5. The minimum Gasteiger partial charge on any atom is -0.493 e. The molecule has 0 unspecified atom stereocenters. The van der Waals surface area contributed by atoms with Crippen molar-refractivity contribution in [1.29, 1.82) is 0 Å². The number of hydrogen-bond donors (Lipinski definition) is 1. The van der Waals surface area contributed by atoms with Crippen LogP contribution >= 0.6 is 11.6 Å². The maximum atomic E-state index is 13.7. The topological polar surface area (TPSA) is 100 Å². The number of halogens is 2. The van der Waals surface area contributed by atoms with Gasteiger partial charge in [-0.05, 0) is 42.3 Å². The van der Waals surface area contributed by atoms with E-state index in [9.17, 15) is 4.39 Å². The molecule has 2 N–H and O–H groups in total. The summed E-state index contributed by atoms with van der Waals surface area (Å²) in [5, 5.41) is 4.09. The minimum absolute atomic E-state index is 0.127. The number of aromatic nitrogens is 4. The van der Waals surface area contributed by atoms with Crippen LogP contribution in [0.25, 0.3) is 0 Å². The Balaban J connectivity index is 1.85. The molecular formula is C16H14ClFN6O2. The van der Waals surface area contributed by atoms with E-state index >= 15 is 0 Å². The van der Waals surface area contributed by atoms with Gasteiger partial charge in [-0.3, -0.25) is 0 Å². The molecule has 0 saturated carbocycles. The van der Waals surface area contributed by atoms with Gasteiger partial charge in [-0.1, -0.05) is 0 Å². The maximum Gasteiger partial charge on any atom is 0.260 e. The quantitative estimate of drug-likeness (QED) is 0.542. The number of nitrogens with two attached hydrogens (primary N) is 1. The van der Waals surface area contributed by atoms with Crippen molar-refractivity contribution in [2.75, 3.05) is 12.8 Å². The van der Waals surface area contributed by atoms with E-state index in [0.29, 0.717) is 11.3 Å². The Hall–Kier alpha value is -3.20. The summed E-state index contributed by atoms with van der Waals surface area (Å²) < 4.78 is 25.9. The summed E-state index contributed by atoms with van der Waals surface area (Å²) in [6, 6.07) is 4.97. The molecular weight excluding hydrogens is 363 g/mol. The van der Waals surface area contributed by atoms with Crippen molar-refractivity contribution in [1.82, 2.24) is 19.6 Å². The molecule has 0 atom stereocenters. The van der Waals surface area contributed by atoms with Crippen LogP contribution in [0.15, 0.2) is 35.7 Å². The third-order valence-corrected chi connectivity index (χ3v) is 3.42. The van der Waals surface area contributed by atoms with Crippen LogP contribution < -0.4 is 15.2 Å². The predicted molar refractivity (Wildman–Crippen MR) is 94.4 cm³/mol. The molecule has 2 aromatic heterocycles. The average Bonchev–Trinajstić information content (AvgIpc) is 2.94. The second-order valence-corrected chi connectivity index (χ2v) is 5.47. The Bertz CT molecular complexity index is 975. The van der Waals surface area contributed by atoms with E-state index in [1.165, 1.54) is 11.8 Å². The van der Waals surface area contributed by atoms with Crippen molar-refractivity contribution in [2.45, 2.75) is 6.92 Å². The smallest absolute Gasteiger partial charge is 0.260 e. The lowest BCUT2D eigenvalue weighted by molar-refractivity contribution is 0.363. The van der Waals surface area contributed by atoms with Crippen molar-refractivity contribution < 1.29 is 13.9 Å². The van der Waals surface area contributed by atoms with Crippen LogP contribution in [0.1, 0.15) is 11.3 Å². The molecule has 3 aromatic rings. The van der Waals surface area contributed by atoms with Crippen LogP contribution in [0, 0.1) is 12.7 Å². The number of nitrogen functional groups attached to an aromatic ring is 1. The molecule has 134 valence electrons. The Morgan fingerprint density at radius 1 is 1.31 bits per heavy atom. The van der Waals surface area contributed by atoms with E-state index in [2.05, 4.69) is 20.1 Å². The molecule has 0 bridgehead atoms. The highest BCUT2D eigenvalue weighted by Crippen LogP contribution is 2.32. The van der Waals surface area contributed by atoms with Crippen molar-refractivity contribution in [3.8, 4) is 17.4 Å². The number of hydrogen-bond acceptors (Lipinski definition) is 7. The predicted octanol–water partition coefficient (Wildman–Crippen LogP) is 3.04. The number of imidazole rings is 1. The molecule has 0 saturated heterocycles. The van der Waals surface area contributed by atoms with Crippen LogP contribution in [0.5, 0.6) is 17.4 Å². The van der Waals surface area contributed by atoms with Gasteiger partial charge in [0.05, 0.1) is 31.4 Å². The molecule has 0 aliphatic rings. The summed E-state index contributed by atoms with van der Waals surface area (Å²) in [6.45, 7) is 1.82. The summed E-state index contributed by atoms with van der Waals surface area (Å²) in [5.74, 6) is -0.143. The van der Waals surface area contributed by atoms with Gasteiger partial charge < -0.3 is 15.2 Å². The second kappa shape index (κ2) is 7.36. The van der Waals surface area contributed by atoms with Gasteiger partial charge in [-0.2, -0.15) is 14.5 Å². The highest BCUT2D eigenvalue weighted by molar-refractivity contribution is 6.28. The number of benzene rings is 1. The van der Waals surface area contributed by atoms with Crippen LogP contribution in [-0.2, 0) is 0 Å². The van der Waals surface area contributed by atoms with Crippen molar-refractivity contribution >= 4 is 23.8 Å². The van der Waals surface area contributed by atoms with Crippen LogP contribution in [0.4, 0.5) is 10.3 Å². The summed E-state index contributed by atoms with van der Waals surface area (Å²) in [5.41, 5.74) is 7.20. The summed E-state index contributed by atoms with van der Waals surface area (Å²) >= 11 is 5.66. The maximum absolute atomic E-state index is 13.7. The van der Waals surface area contributed by atoms with Crippen LogP contribution in [-0.4, -0.2) is 33.0 Å². The number of anilines is 1. The summed E-state index contributed by atoms with van der Waals surface area (Å²) in [6.07, 6.45) is 4.20. The van der Waals surface area contributed by atoms with E-state index in [4.69, 9.17) is 26.8 Å². The zero-order chi connectivity index (χ0) is 18.7. The Kier molecular flexibility index (Phi) is 4.99. The summed E-state index contributed by atoms with van der Waals surface area (Å²) in [7, 11) is 1.46. The first-order valence-corrected chi connectivity index (χ1v) is 7.74. The molecule has 0 radical (unpaired) electrons. The number of nitrogens with zero attached hydrogens (tertiary/aromatic N) is 5. The van der Waals surface area contributed by atoms with Crippen molar-refractivity contribution in [3.05, 3.63) is 53.0 Å². The lowest BCUT2D eigenvalue weighted by Crippen LogP contribution is -1.98. The molecule has 0 amide bonds. The van der Waals surface area contributed by atoms with Gasteiger partial charge in [0.25, 0.3) is 5.88 Å². The Labute approximate surface area is 153 Å². The molecule has 2 heterocycles. The normalized spacial score (nSPS) is 11.1. The zero-order valence-corrected chi connectivity index (χ0v) is 14.6. The van der Waals surface area contributed by atoms with E-state index in [1.54, 1.807) is 30.6 Å². The van der Waals surface area contributed by atoms with Crippen molar-refractivity contribution in [2.24, 2.45) is 5.10 Å². The SMILES string of the molecule is COc1cc(C=Nn2cc(C)nc2N)ccc1Oc1nc(Cl)ncc1F. The standard InChI is InChI=1S/C16H14ClFN6O2/c1-9-8-24(16(19)22-9)21-6-10-3-4-12(13(5-10)25-2)26-14-11(18)7-20-15(17)23-14/h3-8H,1-2H3,(H2,19,22). The largest absolute Gasteiger partial charge is 0.493 e. The fourth-order valence-corrected chi connectivity index (χ4v) is 2.21. The van der Waals surface area contributed by atoms with Gasteiger partial charge in [0.15, 0.2) is 11.5 Å². The van der Waals surface area contributed by atoms with Gasteiger partial charge in [0, 0.05) is 0 Å². The number of ether oxygens (including phenoxy) is 2. The Morgan fingerprint density at radius 3 is 2.81 bits per heavy atom. The fraction of sp³-hybridized carbons (Fsp3) is 0.125. The molecule has 3 rings (SSSR count). The fourth-order valence-electron chi connectivity index (χ4n) is 2.08. The zero-order valence-electron chi connectivity index (χ0n) is 13.8. The third-order valence-electron chi connectivity index (χ3n) is 3.24. The van der Waals surface area contributed by atoms with Gasteiger partial charge in [-0.25, -0.2) is 14.6 Å². The molecule has 0 spiro atoms. The first-order valence-electron chi connectivity index (χ1n) is 7.36. The second-order valence-electron chi connectivity index (χ2n) is 5.13. The highest BCUT2D eigenvalue weighted by atomic mass is 35.5. The monoisotopic (exact) mass is 376 g/mol. The molecule has 0 aliphatic carbocycles. The van der Waals surface area contributed by atoms with E-state index in [1.807, 2.05) is 6.92 Å². The van der Waals surface area contributed by atoms with Gasteiger partial charge in [0.2, 0.25) is 17.0 Å². The average molecular weight is 377 g/mol. The van der Waals surface area contributed by atoms with Crippen molar-refractivity contribution in [3.63, 3.8) is 0 Å². The first kappa shape index (κ1) is 17.6. The van der Waals surface area contributed by atoms with Gasteiger partial charge in [0.1, 0.15) is 0 Å². The number of methoxy groups -OCH3 is 1. The van der Waals surface area contributed by atoms with E-state index in [-0.39, 0.29) is 22.9 Å². The van der Waals surface area contributed by atoms with Gasteiger partial charge >= 0.3 is 0 Å². The molecule has 10 heteroatoms. The van der Waals surface area contributed by atoms with E-state index in [0.717, 1.165) is 11.9 Å². The number of rotatable bonds is 5. The third kappa shape index (κ3) is 3.89. The molecule has 8 nitrogen and oxygen atoms in total. The molecule has 0 aliphatic heterocycles.